The van der Waals surface area contributed by atoms with Crippen molar-refractivity contribution in [1.29, 1.82) is 0 Å². The lowest BCUT2D eigenvalue weighted by atomic mass is 10.2. The number of amides is 2. The van der Waals surface area contributed by atoms with E-state index in [-0.39, 0.29) is 35.9 Å². The topological polar surface area (TPSA) is 83.6 Å². The molecule has 1 heterocycles. The lowest BCUT2D eigenvalue weighted by Gasteiger charge is -2.21. The van der Waals surface area contributed by atoms with Gasteiger partial charge in [0.05, 0.1) is 11.5 Å². The number of anilines is 1. The molecule has 6 nitrogen and oxygen atoms in total. The van der Waals surface area contributed by atoms with E-state index in [2.05, 4.69) is 5.32 Å². The first-order chi connectivity index (χ1) is 9.87. The van der Waals surface area contributed by atoms with Gasteiger partial charge in [-0.3, -0.25) is 9.59 Å². The molecule has 0 radical (unpaired) electrons. The molecular weight excluding hydrogens is 292 g/mol. The Kier molecular flexibility index (Phi) is 4.62. The van der Waals surface area contributed by atoms with Gasteiger partial charge in [0.25, 0.3) is 0 Å². The summed E-state index contributed by atoms with van der Waals surface area (Å²) in [6, 6.07) is 8.53. The van der Waals surface area contributed by atoms with E-state index in [1.165, 1.54) is 11.8 Å². The molecule has 21 heavy (non-hydrogen) atoms. The Bertz CT molecular complexity index is 628. The Morgan fingerprint density at radius 3 is 2.48 bits per heavy atom. The smallest absolute Gasteiger partial charge is 0.240 e. The maximum absolute atomic E-state index is 12.0. The number of rotatable bonds is 4. The number of sulfone groups is 1. The first kappa shape index (κ1) is 15.5. The van der Waals surface area contributed by atoms with Gasteiger partial charge in [0, 0.05) is 18.7 Å². The van der Waals surface area contributed by atoms with Crippen LogP contribution >= 0.6 is 0 Å². The molecule has 1 N–H and O–H groups in total. The molecule has 1 atom stereocenters. The highest BCUT2D eigenvalue weighted by Gasteiger charge is 2.29. The predicted molar refractivity (Wildman–Crippen MR) is 79.7 cm³/mol. The van der Waals surface area contributed by atoms with Crippen molar-refractivity contribution < 1.29 is 18.0 Å². The van der Waals surface area contributed by atoms with Crippen molar-refractivity contribution in [2.24, 2.45) is 0 Å². The zero-order valence-electron chi connectivity index (χ0n) is 11.8. The average molecular weight is 310 g/mol. The normalized spacial score (nSPS) is 20.0. The van der Waals surface area contributed by atoms with E-state index in [0.717, 1.165) is 0 Å². The quantitative estimate of drug-likeness (QED) is 0.869. The minimum Gasteiger partial charge on any atom is -0.351 e. The molecular formula is C14H18N2O4S. The van der Waals surface area contributed by atoms with Crippen molar-refractivity contribution in [1.82, 2.24) is 5.32 Å². The Balaban J connectivity index is 1.98. The van der Waals surface area contributed by atoms with Crippen LogP contribution in [-0.2, 0) is 19.4 Å². The van der Waals surface area contributed by atoms with E-state index >= 15 is 0 Å². The fraction of sp³-hybridized carbons (Fsp3) is 0.429. The summed E-state index contributed by atoms with van der Waals surface area (Å²) in [5.41, 5.74) is 0.638. The molecule has 0 bridgehead atoms. The van der Waals surface area contributed by atoms with Crippen LogP contribution in [-0.4, -0.2) is 44.3 Å². The van der Waals surface area contributed by atoms with E-state index in [1.54, 1.807) is 24.3 Å². The third-order valence-corrected chi connectivity index (χ3v) is 5.12. The van der Waals surface area contributed by atoms with Crippen LogP contribution in [0.5, 0.6) is 0 Å². The van der Waals surface area contributed by atoms with Gasteiger partial charge < -0.3 is 10.2 Å². The van der Waals surface area contributed by atoms with Gasteiger partial charge >= 0.3 is 0 Å². The average Bonchev–Trinajstić information content (AvgIpc) is 2.76. The van der Waals surface area contributed by atoms with Gasteiger partial charge in [0.15, 0.2) is 9.84 Å². The van der Waals surface area contributed by atoms with Crippen LogP contribution in [0, 0.1) is 0 Å². The van der Waals surface area contributed by atoms with Crippen molar-refractivity contribution in [3.8, 4) is 0 Å². The molecule has 1 unspecified atom stereocenters. The van der Waals surface area contributed by atoms with Crippen molar-refractivity contribution in [2.75, 3.05) is 23.0 Å². The fourth-order valence-corrected chi connectivity index (χ4v) is 3.99. The molecule has 1 aliphatic heterocycles. The van der Waals surface area contributed by atoms with Crippen LogP contribution in [0.2, 0.25) is 0 Å². The molecule has 7 heteroatoms. The van der Waals surface area contributed by atoms with Gasteiger partial charge in [0.2, 0.25) is 11.8 Å². The van der Waals surface area contributed by atoms with E-state index in [1.807, 2.05) is 6.07 Å². The van der Waals surface area contributed by atoms with Gasteiger partial charge in [-0.15, -0.1) is 0 Å². The van der Waals surface area contributed by atoms with Crippen molar-refractivity contribution in [2.45, 2.75) is 19.4 Å². The van der Waals surface area contributed by atoms with Crippen LogP contribution < -0.4 is 10.2 Å². The second-order valence-corrected chi connectivity index (χ2v) is 7.34. The van der Waals surface area contributed by atoms with Crippen molar-refractivity contribution in [3.63, 3.8) is 0 Å². The monoisotopic (exact) mass is 310 g/mol. The minimum atomic E-state index is -3.03. The Morgan fingerprint density at radius 1 is 1.29 bits per heavy atom. The molecule has 0 spiro atoms. The molecule has 1 saturated heterocycles. The van der Waals surface area contributed by atoms with Gasteiger partial charge in [-0.1, -0.05) is 18.2 Å². The summed E-state index contributed by atoms with van der Waals surface area (Å²) in [5, 5.41) is 2.68. The first-order valence-electron chi connectivity index (χ1n) is 6.70. The fourth-order valence-electron chi connectivity index (χ4n) is 2.32. The summed E-state index contributed by atoms with van der Waals surface area (Å²) < 4.78 is 22.7. The van der Waals surface area contributed by atoms with Crippen LogP contribution in [0.1, 0.15) is 13.3 Å². The summed E-state index contributed by atoms with van der Waals surface area (Å²) in [4.78, 5) is 25.0. The number of nitrogens with one attached hydrogen (secondary N) is 1. The number of hydrogen-bond acceptors (Lipinski definition) is 4. The lowest BCUT2D eigenvalue weighted by Crippen LogP contribution is -2.44. The molecule has 0 saturated carbocycles. The molecule has 114 valence electrons. The van der Waals surface area contributed by atoms with Gasteiger partial charge in [-0.2, -0.15) is 0 Å². The van der Waals surface area contributed by atoms with Crippen LogP contribution in [0.4, 0.5) is 5.69 Å². The Morgan fingerprint density at radius 2 is 1.95 bits per heavy atom. The maximum atomic E-state index is 12.0. The van der Waals surface area contributed by atoms with Gasteiger partial charge in [0.1, 0.15) is 6.54 Å². The maximum Gasteiger partial charge on any atom is 0.240 e. The zero-order valence-corrected chi connectivity index (χ0v) is 12.6. The number of carbonyl (C=O) groups excluding carboxylic acids is 2. The highest BCUT2D eigenvalue weighted by molar-refractivity contribution is 7.91. The number of nitrogens with zero attached hydrogens (tertiary/aromatic N) is 1. The van der Waals surface area contributed by atoms with Crippen LogP contribution in [0.15, 0.2) is 30.3 Å². The molecule has 0 aliphatic carbocycles. The molecule has 1 aromatic carbocycles. The summed E-state index contributed by atoms with van der Waals surface area (Å²) >= 11 is 0. The SMILES string of the molecule is CC(=O)N(CC(=O)NC1CCS(=O)(=O)C1)c1ccccc1. The van der Waals surface area contributed by atoms with Crippen molar-refractivity contribution in [3.05, 3.63) is 30.3 Å². The molecule has 1 aliphatic rings. The first-order valence-corrected chi connectivity index (χ1v) is 8.52. The minimum absolute atomic E-state index is 0.0237. The number of para-hydroxylation sites is 1. The molecule has 1 fully saturated rings. The summed E-state index contributed by atoms with van der Waals surface area (Å²) in [6.07, 6.45) is 0.430. The third kappa shape index (κ3) is 4.29. The van der Waals surface area contributed by atoms with Crippen molar-refractivity contribution >= 4 is 27.3 Å². The Hall–Kier alpha value is -1.89. The van der Waals surface area contributed by atoms with E-state index in [0.29, 0.717) is 12.1 Å². The number of carbonyl (C=O) groups is 2. The third-order valence-electron chi connectivity index (χ3n) is 3.35. The summed E-state index contributed by atoms with van der Waals surface area (Å²) in [6.45, 7) is 1.27. The second kappa shape index (κ2) is 6.26. The summed E-state index contributed by atoms with van der Waals surface area (Å²) in [7, 11) is -3.03. The van der Waals surface area contributed by atoms with E-state index in [4.69, 9.17) is 0 Å². The largest absolute Gasteiger partial charge is 0.351 e. The standard InChI is InChI=1S/C14H18N2O4S/c1-11(17)16(13-5-3-2-4-6-13)9-14(18)15-12-7-8-21(19,20)10-12/h2-6,12H,7-10H2,1H3,(H,15,18). The number of hydrogen-bond donors (Lipinski definition) is 1. The molecule has 0 aromatic heterocycles. The van der Waals surface area contributed by atoms with Crippen LogP contribution in [0.25, 0.3) is 0 Å². The van der Waals surface area contributed by atoms with E-state index < -0.39 is 9.84 Å². The summed E-state index contributed by atoms with van der Waals surface area (Å²) in [5.74, 6) is -0.511. The molecule has 2 amide bonds. The van der Waals surface area contributed by atoms with Gasteiger partial charge in [-0.25, -0.2) is 8.42 Å². The zero-order chi connectivity index (χ0) is 15.5. The second-order valence-electron chi connectivity index (χ2n) is 5.11. The predicted octanol–water partition coefficient (Wildman–Crippen LogP) is 0.343. The van der Waals surface area contributed by atoms with Gasteiger partial charge in [-0.05, 0) is 18.6 Å². The molecule has 2 rings (SSSR count). The van der Waals surface area contributed by atoms with E-state index in [9.17, 15) is 18.0 Å². The van der Waals surface area contributed by atoms with Crippen LogP contribution in [0.3, 0.4) is 0 Å². The lowest BCUT2D eigenvalue weighted by molar-refractivity contribution is -0.123. The highest BCUT2D eigenvalue weighted by Crippen LogP contribution is 2.14. The highest BCUT2D eigenvalue weighted by atomic mass is 32.2. The Labute approximate surface area is 124 Å². The molecule has 1 aromatic rings. The number of benzene rings is 1.